The Morgan fingerprint density at radius 3 is 2.53 bits per heavy atom. The standard InChI is InChI=1S/C21H32F3N5O/c1-16(2)27-11-7-17(8-12-27)28-9-4-10-29(14-13-28)19-6-3-5-18(26-19)20(30)25-15-21(22,23)24/h3,5-6,16-17H,4,7-15H2,1-2H3,(H,25,30). The van der Waals surface area contributed by atoms with Gasteiger partial charge in [-0.1, -0.05) is 6.07 Å². The van der Waals surface area contributed by atoms with Crippen molar-refractivity contribution in [3.63, 3.8) is 0 Å². The molecular weight excluding hydrogens is 395 g/mol. The lowest BCUT2D eigenvalue weighted by Gasteiger charge is -2.39. The third-order valence-corrected chi connectivity index (χ3v) is 6.02. The summed E-state index contributed by atoms with van der Waals surface area (Å²) in [6.07, 6.45) is -1.07. The molecule has 2 aliphatic rings. The number of hydrogen-bond acceptors (Lipinski definition) is 5. The molecule has 30 heavy (non-hydrogen) atoms. The molecule has 0 saturated carbocycles. The fourth-order valence-electron chi connectivity index (χ4n) is 4.30. The van der Waals surface area contributed by atoms with E-state index in [0.29, 0.717) is 17.9 Å². The summed E-state index contributed by atoms with van der Waals surface area (Å²) in [7, 11) is 0. The fourth-order valence-corrected chi connectivity index (χ4v) is 4.30. The van der Waals surface area contributed by atoms with Gasteiger partial charge in [0.15, 0.2) is 0 Å². The summed E-state index contributed by atoms with van der Waals surface area (Å²) in [5.74, 6) is -0.159. The molecular formula is C21H32F3N5O. The van der Waals surface area contributed by atoms with Gasteiger partial charge in [0.25, 0.3) is 5.91 Å². The van der Waals surface area contributed by atoms with Crippen molar-refractivity contribution < 1.29 is 18.0 Å². The third kappa shape index (κ3) is 6.31. The topological polar surface area (TPSA) is 51.7 Å². The van der Waals surface area contributed by atoms with E-state index in [1.54, 1.807) is 6.07 Å². The summed E-state index contributed by atoms with van der Waals surface area (Å²) >= 11 is 0. The van der Waals surface area contributed by atoms with Crippen LogP contribution in [-0.4, -0.2) is 84.8 Å². The molecule has 1 amide bonds. The van der Waals surface area contributed by atoms with Crippen molar-refractivity contribution in [2.45, 2.75) is 51.4 Å². The molecule has 0 bridgehead atoms. The summed E-state index contributed by atoms with van der Waals surface area (Å²) in [6.45, 7) is 8.99. The van der Waals surface area contributed by atoms with E-state index in [-0.39, 0.29) is 5.69 Å². The number of anilines is 1. The zero-order valence-corrected chi connectivity index (χ0v) is 17.8. The highest BCUT2D eigenvalue weighted by Crippen LogP contribution is 2.21. The van der Waals surface area contributed by atoms with E-state index in [1.807, 2.05) is 11.4 Å². The number of nitrogens with zero attached hydrogens (tertiary/aromatic N) is 4. The van der Waals surface area contributed by atoms with Crippen LogP contribution in [0.3, 0.4) is 0 Å². The van der Waals surface area contributed by atoms with Gasteiger partial charge in [0.1, 0.15) is 18.1 Å². The number of piperidine rings is 1. The van der Waals surface area contributed by atoms with Crippen LogP contribution in [0, 0.1) is 0 Å². The predicted molar refractivity (Wildman–Crippen MR) is 111 cm³/mol. The molecule has 0 radical (unpaired) electrons. The Morgan fingerprint density at radius 1 is 1.13 bits per heavy atom. The highest BCUT2D eigenvalue weighted by Gasteiger charge is 2.29. The summed E-state index contributed by atoms with van der Waals surface area (Å²) in [4.78, 5) is 23.6. The molecule has 2 saturated heterocycles. The lowest BCUT2D eigenvalue weighted by Crippen LogP contribution is -2.47. The maximum absolute atomic E-state index is 12.3. The van der Waals surface area contributed by atoms with Crippen LogP contribution >= 0.6 is 0 Å². The number of amides is 1. The van der Waals surface area contributed by atoms with Crippen molar-refractivity contribution in [3.8, 4) is 0 Å². The van der Waals surface area contributed by atoms with Crippen LogP contribution in [0.15, 0.2) is 18.2 Å². The monoisotopic (exact) mass is 427 g/mol. The molecule has 3 heterocycles. The average Bonchev–Trinajstić information content (AvgIpc) is 2.98. The SMILES string of the molecule is CC(C)N1CCC(N2CCCN(c3cccc(C(=O)NCC(F)(F)F)n3)CC2)CC1. The van der Waals surface area contributed by atoms with Gasteiger partial charge in [-0.3, -0.25) is 9.69 Å². The van der Waals surface area contributed by atoms with Crippen LogP contribution in [0.1, 0.15) is 43.6 Å². The van der Waals surface area contributed by atoms with E-state index in [9.17, 15) is 18.0 Å². The Balaban J connectivity index is 1.56. The summed E-state index contributed by atoms with van der Waals surface area (Å²) in [5.41, 5.74) is 0.0129. The summed E-state index contributed by atoms with van der Waals surface area (Å²) in [6, 6.07) is 6.14. The number of alkyl halides is 3. The van der Waals surface area contributed by atoms with Crippen LogP contribution in [0.25, 0.3) is 0 Å². The fraction of sp³-hybridized carbons (Fsp3) is 0.714. The first kappa shape index (κ1) is 22.8. The molecule has 2 aliphatic heterocycles. The van der Waals surface area contributed by atoms with Crippen LogP contribution in [0.2, 0.25) is 0 Å². The normalized spacial score (nSPS) is 20.4. The molecule has 0 aliphatic carbocycles. The van der Waals surface area contributed by atoms with E-state index in [0.717, 1.165) is 45.7 Å². The molecule has 1 N–H and O–H groups in total. The number of carbonyl (C=O) groups excluding carboxylic acids is 1. The van der Waals surface area contributed by atoms with Gasteiger partial charge in [0, 0.05) is 38.3 Å². The number of halogens is 3. The molecule has 0 atom stereocenters. The lowest BCUT2D eigenvalue weighted by molar-refractivity contribution is -0.123. The molecule has 0 spiro atoms. The van der Waals surface area contributed by atoms with E-state index >= 15 is 0 Å². The number of rotatable bonds is 5. The van der Waals surface area contributed by atoms with Gasteiger partial charge in [-0.2, -0.15) is 13.2 Å². The Morgan fingerprint density at radius 2 is 1.87 bits per heavy atom. The van der Waals surface area contributed by atoms with E-state index in [2.05, 4.69) is 33.5 Å². The minimum atomic E-state index is -4.44. The third-order valence-electron chi connectivity index (χ3n) is 6.02. The number of carbonyl (C=O) groups is 1. The quantitative estimate of drug-likeness (QED) is 0.783. The first-order valence-electron chi connectivity index (χ1n) is 10.8. The summed E-state index contributed by atoms with van der Waals surface area (Å²) < 4.78 is 37.0. The van der Waals surface area contributed by atoms with Crippen molar-refractivity contribution in [1.82, 2.24) is 20.1 Å². The zero-order chi connectivity index (χ0) is 21.7. The molecule has 6 nitrogen and oxygen atoms in total. The minimum Gasteiger partial charge on any atom is -0.355 e. The highest BCUT2D eigenvalue weighted by molar-refractivity contribution is 5.92. The van der Waals surface area contributed by atoms with Gasteiger partial charge >= 0.3 is 6.18 Å². The second-order valence-electron chi connectivity index (χ2n) is 8.42. The van der Waals surface area contributed by atoms with Crippen molar-refractivity contribution in [3.05, 3.63) is 23.9 Å². The Hall–Kier alpha value is -1.87. The van der Waals surface area contributed by atoms with Gasteiger partial charge in [-0.25, -0.2) is 4.98 Å². The van der Waals surface area contributed by atoms with Gasteiger partial charge in [0.2, 0.25) is 0 Å². The highest BCUT2D eigenvalue weighted by atomic mass is 19.4. The average molecular weight is 428 g/mol. The van der Waals surface area contributed by atoms with Crippen LogP contribution in [-0.2, 0) is 0 Å². The Kier molecular flexibility index (Phi) is 7.57. The number of nitrogens with one attached hydrogen (secondary N) is 1. The zero-order valence-electron chi connectivity index (χ0n) is 17.8. The number of pyridine rings is 1. The Labute approximate surface area is 176 Å². The van der Waals surface area contributed by atoms with E-state index in [4.69, 9.17) is 0 Å². The van der Waals surface area contributed by atoms with E-state index < -0.39 is 18.6 Å². The molecule has 2 fully saturated rings. The largest absolute Gasteiger partial charge is 0.405 e. The van der Waals surface area contributed by atoms with Gasteiger partial charge in [-0.15, -0.1) is 0 Å². The van der Waals surface area contributed by atoms with Crippen molar-refractivity contribution in [2.75, 3.05) is 50.7 Å². The van der Waals surface area contributed by atoms with Crippen molar-refractivity contribution in [2.24, 2.45) is 0 Å². The van der Waals surface area contributed by atoms with Gasteiger partial charge < -0.3 is 15.1 Å². The smallest absolute Gasteiger partial charge is 0.355 e. The maximum Gasteiger partial charge on any atom is 0.405 e. The second-order valence-corrected chi connectivity index (χ2v) is 8.42. The van der Waals surface area contributed by atoms with Gasteiger partial charge in [-0.05, 0) is 58.3 Å². The molecule has 1 aromatic heterocycles. The number of likely N-dealkylation sites (tertiary alicyclic amines) is 1. The van der Waals surface area contributed by atoms with Crippen LogP contribution < -0.4 is 10.2 Å². The first-order chi connectivity index (χ1) is 14.2. The molecule has 3 rings (SSSR count). The molecule has 0 aromatic carbocycles. The van der Waals surface area contributed by atoms with E-state index in [1.165, 1.54) is 18.9 Å². The second kappa shape index (κ2) is 9.96. The Bertz CT molecular complexity index is 704. The summed E-state index contributed by atoms with van der Waals surface area (Å²) in [5, 5.41) is 1.89. The number of hydrogen-bond donors (Lipinski definition) is 1. The van der Waals surface area contributed by atoms with Crippen molar-refractivity contribution in [1.29, 1.82) is 0 Å². The molecule has 1 aromatic rings. The molecule has 9 heteroatoms. The maximum atomic E-state index is 12.3. The van der Waals surface area contributed by atoms with Crippen LogP contribution in [0.5, 0.6) is 0 Å². The molecule has 0 unspecified atom stereocenters. The predicted octanol–water partition coefficient (Wildman–Crippen LogP) is 2.76. The van der Waals surface area contributed by atoms with Gasteiger partial charge in [0.05, 0.1) is 0 Å². The minimum absolute atomic E-state index is 0.0129. The van der Waals surface area contributed by atoms with Crippen molar-refractivity contribution >= 4 is 11.7 Å². The van der Waals surface area contributed by atoms with Crippen LogP contribution in [0.4, 0.5) is 19.0 Å². The first-order valence-corrected chi connectivity index (χ1v) is 10.8. The lowest BCUT2D eigenvalue weighted by atomic mass is 10.0. The number of aromatic nitrogens is 1. The molecule has 168 valence electrons.